The summed E-state index contributed by atoms with van der Waals surface area (Å²) in [6.45, 7) is 11.7. The lowest BCUT2D eigenvalue weighted by molar-refractivity contribution is -0.142. The molecule has 3 atom stereocenters. The van der Waals surface area contributed by atoms with Gasteiger partial charge in [-0.1, -0.05) is 50.2 Å². The molecule has 6 aromatic rings. The number of aromatic nitrogens is 3. The molecule has 0 unspecified atom stereocenters. The van der Waals surface area contributed by atoms with Crippen molar-refractivity contribution in [2.24, 2.45) is 5.92 Å². The third-order valence-corrected chi connectivity index (χ3v) is 14.3. The van der Waals surface area contributed by atoms with Crippen LogP contribution in [-0.4, -0.2) is 85.0 Å². The number of likely N-dealkylation sites (tertiary alicyclic amines) is 1. The second-order valence-electron chi connectivity index (χ2n) is 19.1. The van der Waals surface area contributed by atoms with Crippen LogP contribution in [0.5, 0.6) is 23.0 Å². The van der Waals surface area contributed by atoms with E-state index in [-0.39, 0.29) is 53.6 Å². The third-order valence-electron chi connectivity index (χ3n) is 13.0. The van der Waals surface area contributed by atoms with Gasteiger partial charge in [-0.3, -0.25) is 24.0 Å². The molecule has 0 spiro atoms. The first kappa shape index (κ1) is 52.5. The molecule has 2 aliphatic rings. The molecular formula is C54H58F3N7O7S2. The number of benzene rings is 4. The van der Waals surface area contributed by atoms with E-state index < -0.39 is 41.4 Å². The molecule has 0 bridgehead atoms. The largest absolute Gasteiger partial charge is 0.494 e. The summed E-state index contributed by atoms with van der Waals surface area (Å²) in [4.78, 5) is 51.0. The lowest BCUT2D eigenvalue weighted by Gasteiger charge is -2.30. The van der Waals surface area contributed by atoms with E-state index in [4.69, 9.17) is 26.4 Å². The number of anilines is 2. The van der Waals surface area contributed by atoms with Gasteiger partial charge in [0.05, 0.1) is 59.0 Å². The molecule has 19 heteroatoms. The number of thiocarbonyl (C=S) groups is 1. The highest BCUT2D eigenvalue weighted by atomic mass is 32.1. The number of hydrogen-bond acceptors (Lipinski definition) is 11. The first-order valence-electron chi connectivity index (χ1n) is 24.1. The number of aryl methyl sites for hydroxylation is 2. The van der Waals surface area contributed by atoms with Crippen LogP contribution in [0.15, 0.2) is 109 Å². The second-order valence-corrected chi connectivity index (χ2v) is 20.3. The highest BCUT2D eigenvalue weighted by molar-refractivity contribution is 7.81. The van der Waals surface area contributed by atoms with Gasteiger partial charge in [0.15, 0.2) is 10.9 Å². The Morgan fingerprint density at radius 2 is 1.59 bits per heavy atom. The van der Waals surface area contributed by atoms with Crippen molar-refractivity contribution in [2.45, 2.75) is 104 Å². The van der Waals surface area contributed by atoms with E-state index in [2.05, 4.69) is 15.4 Å². The van der Waals surface area contributed by atoms with Crippen LogP contribution in [0, 0.1) is 19.8 Å². The first-order chi connectivity index (χ1) is 34.8. The van der Waals surface area contributed by atoms with Gasteiger partial charge in [0.1, 0.15) is 34.9 Å². The smallest absolute Gasteiger partial charge is 0.416 e. The van der Waals surface area contributed by atoms with Crippen molar-refractivity contribution in [3.8, 4) is 33.4 Å². The Bertz CT molecular complexity index is 2940. The number of hydrogen-bond donors (Lipinski definition) is 2. The lowest BCUT2D eigenvalue weighted by atomic mass is 10.0. The van der Waals surface area contributed by atoms with Gasteiger partial charge in [0.2, 0.25) is 11.8 Å². The van der Waals surface area contributed by atoms with Gasteiger partial charge < -0.3 is 34.4 Å². The van der Waals surface area contributed by atoms with Crippen LogP contribution >= 0.6 is 23.6 Å². The maximum atomic E-state index is 14.2. The number of aliphatic hydroxyl groups excluding tert-OH is 1. The Balaban J connectivity index is 0.779. The molecule has 2 aromatic heterocycles. The van der Waals surface area contributed by atoms with Crippen molar-refractivity contribution in [3.05, 3.63) is 131 Å². The van der Waals surface area contributed by atoms with Gasteiger partial charge in [0, 0.05) is 31.3 Å². The van der Waals surface area contributed by atoms with Crippen molar-refractivity contribution < 1.29 is 46.9 Å². The molecular weight excluding hydrogens is 980 g/mol. The topological polar surface area (TPSA) is 152 Å². The Hall–Kier alpha value is -6.83. The fourth-order valence-corrected chi connectivity index (χ4v) is 10.4. The third kappa shape index (κ3) is 11.8. The summed E-state index contributed by atoms with van der Waals surface area (Å²) < 4.78 is 60.8. The minimum Gasteiger partial charge on any atom is -0.494 e. The molecule has 73 heavy (non-hydrogen) atoms. The van der Waals surface area contributed by atoms with Gasteiger partial charge in [-0.2, -0.15) is 18.3 Å². The number of halogens is 3. The number of nitrogens with zero attached hydrogens (tertiary/aromatic N) is 6. The lowest BCUT2D eigenvalue weighted by Crippen LogP contribution is -2.49. The van der Waals surface area contributed by atoms with Crippen LogP contribution in [0.1, 0.15) is 81.8 Å². The number of β-amino-alcohol motifs (C(OH)–C–C–N with tert-alkyl or cyclic N) is 1. The fraction of sp³-hybridized carbons (Fsp3) is 0.370. The number of aliphatic hydroxyl groups is 1. The van der Waals surface area contributed by atoms with Crippen molar-refractivity contribution >= 4 is 57.8 Å². The zero-order valence-corrected chi connectivity index (χ0v) is 43.0. The number of unbranched alkanes of at least 4 members (excludes halogenated alkanes) is 2. The van der Waals surface area contributed by atoms with Crippen LogP contribution in [0.3, 0.4) is 0 Å². The summed E-state index contributed by atoms with van der Waals surface area (Å²) in [5, 5.41) is 18.2. The van der Waals surface area contributed by atoms with Crippen molar-refractivity contribution in [2.75, 3.05) is 29.6 Å². The Morgan fingerprint density at radius 3 is 2.26 bits per heavy atom. The molecule has 2 fully saturated rings. The van der Waals surface area contributed by atoms with Crippen LogP contribution in [-0.2, 0) is 27.1 Å². The molecule has 2 N–H and O–H groups in total. The Morgan fingerprint density at radius 1 is 0.904 bits per heavy atom. The monoisotopic (exact) mass is 1040 g/mol. The first-order valence-corrected chi connectivity index (χ1v) is 25.4. The Kier molecular flexibility index (Phi) is 15.9. The molecule has 2 saturated heterocycles. The number of alkyl halides is 3. The molecule has 3 amide bonds. The predicted octanol–water partition coefficient (Wildman–Crippen LogP) is 10.5. The zero-order valence-electron chi connectivity index (χ0n) is 41.4. The molecule has 14 nitrogen and oxygen atoms in total. The number of amides is 3. The summed E-state index contributed by atoms with van der Waals surface area (Å²) in [5.74, 6) is 0.862. The van der Waals surface area contributed by atoms with Gasteiger partial charge in [0.25, 0.3) is 5.91 Å². The predicted molar refractivity (Wildman–Crippen MR) is 277 cm³/mol. The molecule has 0 radical (unpaired) electrons. The van der Waals surface area contributed by atoms with Gasteiger partial charge in [-0.05, 0) is 130 Å². The highest BCUT2D eigenvalue weighted by Crippen LogP contribution is 2.40. The van der Waals surface area contributed by atoms with Crippen molar-refractivity contribution in [1.29, 1.82) is 0 Å². The van der Waals surface area contributed by atoms with E-state index in [0.29, 0.717) is 41.9 Å². The average Bonchev–Trinajstić information content (AvgIpc) is 4.13. The Labute approximate surface area is 431 Å². The van der Waals surface area contributed by atoms with Crippen LogP contribution in [0.2, 0.25) is 0 Å². The standard InChI is InChI=1S/C54H58F3N7O7S2/c1-33(2)47(50(67)61-30-40(65)26-46(61)49(66)58-28-36-14-16-37(17-15-36)48-35(4)59-32-73-48)62-31-44(29-60-62)71-43-12-10-11-42(27-43)70-24-9-7-8-23-69-41-21-19-38(20-22-41)64-52(72)63(51(68)53(64,5)6)39-18-13-34(3)45(25-39)54(55,56)57/h10-22,25,27,29,31-33,40,46-47,65H,7-9,23-24,26,28,30H2,1-6H3,(H,58,66)/t40-,46+,47+/m1/s1. The number of thiazole rings is 1. The molecule has 4 heterocycles. The zero-order chi connectivity index (χ0) is 52.2. The summed E-state index contributed by atoms with van der Waals surface area (Å²) >= 11 is 7.26. The second kappa shape index (κ2) is 22.1. The van der Waals surface area contributed by atoms with Crippen LogP contribution in [0.25, 0.3) is 10.4 Å². The van der Waals surface area contributed by atoms with Gasteiger partial charge >= 0.3 is 6.18 Å². The SMILES string of the molecule is Cc1ccc(N2C(=O)C(C)(C)N(c3ccc(OCCCCCOc4cccc(Oc5cnn([C@H](C(=O)N6C[C@H](O)C[C@H]6C(=O)NCc6ccc(-c7scnc7C)cc6)C(C)C)c5)c4)cc3)C2=S)cc1C(F)(F)F. The van der Waals surface area contributed by atoms with Crippen LogP contribution < -0.4 is 29.3 Å². The molecule has 0 saturated carbocycles. The quantitative estimate of drug-likeness (QED) is 0.0589. The number of carbonyl (C=O) groups is 3. The van der Waals surface area contributed by atoms with E-state index in [0.717, 1.165) is 51.9 Å². The van der Waals surface area contributed by atoms with E-state index in [1.54, 1.807) is 77.4 Å². The van der Waals surface area contributed by atoms with Crippen molar-refractivity contribution in [1.82, 2.24) is 25.0 Å². The summed E-state index contributed by atoms with van der Waals surface area (Å²) in [6, 6.07) is 24.4. The van der Waals surface area contributed by atoms with Gasteiger partial charge in [-0.15, -0.1) is 11.3 Å². The summed E-state index contributed by atoms with van der Waals surface area (Å²) in [7, 11) is 0. The number of carbonyl (C=O) groups excluding carboxylic acids is 3. The minimum atomic E-state index is -4.58. The maximum absolute atomic E-state index is 14.2. The minimum absolute atomic E-state index is 0.0324. The van der Waals surface area contributed by atoms with Gasteiger partial charge in [-0.25, -0.2) is 4.98 Å². The van der Waals surface area contributed by atoms with Crippen LogP contribution in [0.4, 0.5) is 24.5 Å². The molecule has 8 rings (SSSR count). The van der Waals surface area contributed by atoms with E-state index in [1.807, 2.05) is 62.7 Å². The normalized spacial score (nSPS) is 17.1. The number of ether oxygens (including phenoxy) is 3. The van der Waals surface area contributed by atoms with Crippen molar-refractivity contribution in [3.63, 3.8) is 0 Å². The molecule has 4 aromatic carbocycles. The average molecular weight is 1040 g/mol. The van der Waals surface area contributed by atoms with E-state index in [1.165, 1.54) is 30.2 Å². The summed E-state index contributed by atoms with van der Waals surface area (Å²) in [6.07, 6.45) is 0.250. The van der Waals surface area contributed by atoms with E-state index in [9.17, 15) is 32.7 Å². The molecule has 2 aliphatic heterocycles. The fourth-order valence-electron chi connectivity index (χ4n) is 9.09. The highest BCUT2D eigenvalue weighted by Gasteiger charge is 2.51. The molecule has 0 aliphatic carbocycles. The van der Waals surface area contributed by atoms with E-state index >= 15 is 0 Å². The summed E-state index contributed by atoms with van der Waals surface area (Å²) in [5.41, 5.74) is 3.48. The molecule has 384 valence electrons. The number of rotatable bonds is 19. The number of nitrogens with one attached hydrogen (secondary N) is 1. The maximum Gasteiger partial charge on any atom is 0.416 e.